The van der Waals surface area contributed by atoms with Crippen molar-refractivity contribution in [3.05, 3.63) is 85.4 Å². The Morgan fingerprint density at radius 3 is 2.38 bits per heavy atom. The van der Waals surface area contributed by atoms with Gasteiger partial charge in [-0.05, 0) is 66.4 Å². The molecule has 0 amide bonds. The van der Waals surface area contributed by atoms with E-state index in [0.717, 1.165) is 24.1 Å². The van der Waals surface area contributed by atoms with Crippen LogP contribution in [-0.4, -0.2) is 32.0 Å². The van der Waals surface area contributed by atoms with Crippen LogP contribution in [0.25, 0.3) is 22.2 Å². The van der Waals surface area contributed by atoms with Crippen LogP contribution in [0.3, 0.4) is 0 Å². The summed E-state index contributed by atoms with van der Waals surface area (Å²) in [6, 6.07) is 14.0. The number of hydrogen-bond donors (Lipinski definition) is 3. The third-order valence-electron chi connectivity index (χ3n) is 6.05. The number of fused-ring (bicyclic) bond motifs is 2. The second-order valence-electron chi connectivity index (χ2n) is 8.39. The van der Waals surface area contributed by atoms with Gasteiger partial charge in [0.1, 0.15) is 0 Å². The minimum Gasteiger partial charge on any atom is -0.374 e. The molecule has 8 nitrogen and oxygen atoms in total. The zero-order valence-corrected chi connectivity index (χ0v) is 20.0. The molecule has 5 rings (SSSR count). The number of hydrogen-bond acceptors (Lipinski definition) is 5. The molecule has 0 aliphatic carbocycles. The summed E-state index contributed by atoms with van der Waals surface area (Å²) in [5.74, 6) is 0. The Hall–Kier alpha value is -3.56. The second-order valence-corrected chi connectivity index (χ2v) is 10.4. The first-order chi connectivity index (χ1) is 16.1. The Labute approximate surface area is 200 Å². The third kappa shape index (κ3) is 3.86. The van der Waals surface area contributed by atoms with E-state index in [4.69, 9.17) is 11.6 Å². The standard InChI is InChI=1S/C24H21ClN4O4S/c1-13-9-19-20(27-24(31)23(30)26-19)12-22(13)34(32,33)28-16-4-5-17(18(25)11-16)14-3-6-21-15(10-14)7-8-29(21)2/h3-6,9-12,28H,7-8H2,1-2H3,(H,26,30)(H,27,31). The average Bonchev–Trinajstić information content (AvgIpc) is 3.14. The first-order valence-electron chi connectivity index (χ1n) is 10.6. The largest absolute Gasteiger partial charge is 0.374 e. The van der Waals surface area contributed by atoms with Crippen LogP contribution < -0.4 is 20.7 Å². The Morgan fingerprint density at radius 2 is 1.68 bits per heavy atom. The van der Waals surface area contributed by atoms with Gasteiger partial charge in [0.2, 0.25) is 0 Å². The van der Waals surface area contributed by atoms with Crippen molar-refractivity contribution < 1.29 is 8.42 Å². The van der Waals surface area contributed by atoms with Crippen LogP contribution in [-0.2, 0) is 16.4 Å². The molecule has 1 aliphatic rings. The third-order valence-corrected chi connectivity index (χ3v) is 7.88. The van der Waals surface area contributed by atoms with Crippen LogP contribution in [0.15, 0.2) is 63.0 Å². The first kappa shape index (κ1) is 22.2. The van der Waals surface area contributed by atoms with Gasteiger partial charge in [0, 0.05) is 24.8 Å². The van der Waals surface area contributed by atoms with Gasteiger partial charge in [-0.3, -0.25) is 14.3 Å². The van der Waals surface area contributed by atoms with Crippen molar-refractivity contribution in [2.75, 3.05) is 23.2 Å². The highest BCUT2D eigenvalue weighted by molar-refractivity contribution is 7.92. The van der Waals surface area contributed by atoms with Gasteiger partial charge in [0.05, 0.1) is 26.6 Å². The predicted octanol–water partition coefficient (Wildman–Crippen LogP) is 3.64. The van der Waals surface area contributed by atoms with Crippen LogP contribution in [0.1, 0.15) is 11.1 Å². The Kier molecular flexibility index (Phi) is 5.26. The first-order valence-corrected chi connectivity index (χ1v) is 12.4. The SMILES string of the molecule is Cc1cc2[nH]c(=O)c(=O)[nH]c2cc1S(=O)(=O)Nc1ccc(-c2ccc3c(c2)CCN3C)c(Cl)c1. The van der Waals surface area contributed by atoms with Crippen LogP contribution in [0.2, 0.25) is 5.02 Å². The molecule has 4 aromatic rings. The van der Waals surface area contributed by atoms with E-state index >= 15 is 0 Å². The van der Waals surface area contributed by atoms with E-state index in [1.165, 1.54) is 23.4 Å². The number of benzene rings is 3. The molecule has 0 spiro atoms. The number of sulfonamides is 1. The summed E-state index contributed by atoms with van der Waals surface area (Å²) >= 11 is 6.54. The van der Waals surface area contributed by atoms with Crippen molar-refractivity contribution in [3.8, 4) is 11.1 Å². The molecule has 0 radical (unpaired) electrons. The van der Waals surface area contributed by atoms with Gasteiger partial charge in [0.15, 0.2) is 0 Å². The molecule has 34 heavy (non-hydrogen) atoms. The summed E-state index contributed by atoms with van der Waals surface area (Å²) in [5, 5.41) is 0.420. The maximum atomic E-state index is 13.1. The molecule has 0 atom stereocenters. The van der Waals surface area contributed by atoms with Crippen LogP contribution in [0.4, 0.5) is 11.4 Å². The van der Waals surface area contributed by atoms with Gasteiger partial charge in [-0.1, -0.05) is 23.7 Å². The topological polar surface area (TPSA) is 115 Å². The van der Waals surface area contributed by atoms with E-state index in [2.05, 4.69) is 38.8 Å². The van der Waals surface area contributed by atoms with Crippen molar-refractivity contribution in [2.45, 2.75) is 18.2 Å². The lowest BCUT2D eigenvalue weighted by Crippen LogP contribution is -2.29. The Balaban J connectivity index is 1.47. The number of aryl methyl sites for hydroxylation is 1. The van der Waals surface area contributed by atoms with E-state index in [1.54, 1.807) is 25.1 Å². The van der Waals surface area contributed by atoms with E-state index < -0.39 is 21.1 Å². The number of rotatable bonds is 4. The molecular weight excluding hydrogens is 476 g/mol. The fraction of sp³-hybridized carbons (Fsp3) is 0.167. The van der Waals surface area contributed by atoms with Crippen molar-refractivity contribution in [2.24, 2.45) is 0 Å². The van der Waals surface area contributed by atoms with Crippen LogP contribution in [0.5, 0.6) is 0 Å². The van der Waals surface area contributed by atoms with Gasteiger partial charge in [-0.2, -0.15) is 0 Å². The number of aromatic nitrogens is 2. The smallest absolute Gasteiger partial charge is 0.314 e. The van der Waals surface area contributed by atoms with Gasteiger partial charge < -0.3 is 14.9 Å². The molecule has 1 aromatic heterocycles. The van der Waals surface area contributed by atoms with E-state index in [-0.39, 0.29) is 10.4 Å². The molecule has 10 heteroatoms. The average molecular weight is 497 g/mol. The van der Waals surface area contributed by atoms with Gasteiger partial charge in [0.25, 0.3) is 10.0 Å². The molecule has 0 saturated heterocycles. The summed E-state index contributed by atoms with van der Waals surface area (Å²) in [6.45, 7) is 2.59. The molecule has 0 fully saturated rings. The molecule has 3 N–H and O–H groups in total. The molecule has 3 aromatic carbocycles. The number of nitrogens with zero attached hydrogens (tertiary/aromatic N) is 1. The second kappa shape index (κ2) is 8.03. The number of halogens is 1. The Bertz CT molecular complexity index is 1690. The van der Waals surface area contributed by atoms with Crippen molar-refractivity contribution >= 4 is 44.0 Å². The van der Waals surface area contributed by atoms with Crippen LogP contribution in [0, 0.1) is 6.92 Å². The number of H-pyrrole nitrogens is 2. The molecule has 2 heterocycles. The lowest BCUT2D eigenvalue weighted by molar-refractivity contribution is 0.600. The lowest BCUT2D eigenvalue weighted by atomic mass is 10.0. The highest BCUT2D eigenvalue weighted by Crippen LogP contribution is 2.36. The summed E-state index contributed by atoms with van der Waals surface area (Å²) in [7, 11) is -1.93. The van der Waals surface area contributed by atoms with Crippen LogP contribution >= 0.6 is 11.6 Å². The normalized spacial score (nSPS) is 13.3. The minimum absolute atomic E-state index is 0.0226. The highest BCUT2D eigenvalue weighted by atomic mass is 35.5. The van der Waals surface area contributed by atoms with Crippen molar-refractivity contribution in [3.63, 3.8) is 0 Å². The maximum absolute atomic E-state index is 13.1. The predicted molar refractivity (Wildman–Crippen MR) is 135 cm³/mol. The fourth-order valence-electron chi connectivity index (χ4n) is 4.30. The molecule has 1 aliphatic heterocycles. The van der Waals surface area contributed by atoms with E-state index in [9.17, 15) is 18.0 Å². The molecular formula is C24H21ClN4O4S. The summed E-state index contributed by atoms with van der Waals surface area (Å²) in [5.41, 5.74) is 3.87. The number of likely N-dealkylation sites (N-methyl/N-ethyl adjacent to an activating group) is 1. The number of nitrogens with one attached hydrogen (secondary N) is 3. The lowest BCUT2D eigenvalue weighted by Gasteiger charge is -2.14. The molecule has 174 valence electrons. The van der Waals surface area contributed by atoms with Gasteiger partial charge >= 0.3 is 11.1 Å². The minimum atomic E-state index is -4.00. The van der Waals surface area contributed by atoms with E-state index in [0.29, 0.717) is 21.8 Å². The summed E-state index contributed by atoms with van der Waals surface area (Å²) in [6.07, 6.45) is 0.972. The van der Waals surface area contributed by atoms with Crippen molar-refractivity contribution in [1.29, 1.82) is 0 Å². The van der Waals surface area contributed by atoms with Crippen molar-refractivity contribution in [1.82, 2.24) is 9.97 Å². The monoisotopic (exact) mass is 496 g/mol. The maximum Gasteiger partial charge on any atom is 0.314 e. The molecule has 0 bridgehead atoms. The number of aromatic amines is 2. The molecule has 0 saturated carbocycles. The molecule has 0 unspecified atom stereocenters. The van der Waals surface area contributed by atoms with Gasteiger partial charge in [-0.15, -0.1) is 0 Å². The zero-order chi connectivity index (χ0) is 24.2. The Morgan fingerprint density at radius 1 is 0.971 bits per heavy atom. The van der Waals surface area contributed by atoms with Gasteiger partial charge in [-0.25, -0.2) is 8.42 Å². The quantitative estimate of drug-likeness (QED) is 0.373. The zero-order valence-electron chi connectivity index (χ0n) is 18.4. The highest BCUT2D eigenvalue weighted by Gasteiger charge is 2.20. The fourth-order valence-corrected chi connectivity index (χ4v) is 5.89. The summed E-state index contributed by atoms with van der Waals surface area (Å²) in [4.78, 5) is 30.2. The number of anilines is 2. The van der Waals surface area contributed by atoms with E-state index in [1.807, 2.05) is 6.07 Å². The summed E-state index contributed by atoms with van der Waals surface area (Å²) < 4.78 is 28.8.